The van der Waals surface area contributed by atoms with Gasteiger partial charge >= 0.3 is 5.97 Å². The molecule has 0 aromatic carbocycles. The zero-order valence-electron chi connectivity index (χ0n) is 10.6. The summed E-state index contributed by atoms with van der Waals surface area (Å²) in [6, 6.07) is 0.220. The predicted molar refractivity (Wildman–Crippen MR) is 64.9 cm³/mol. The Hall–Kier alpha value is -0.610. The molecule has 1 aliphatic carbocycles. The fourth-order valence-electron chi connectivity index (χ4n) is 3.14. The molecule has 1 heterocycles. The molecule has 1 saturated heterocycles. The van der Waals surface area contributed by atoms with Gasteiger partial charge < -0.3 is 9.84 Å². The topological polar surface area (TPSA) is 49.8 Å². The SMILES string of the molecule is CC1CCC(C(=O)O)C(N2CCCOCC2)C1. The summed E-state index contributed by atoms with van der Waals surface area (Å²) in [4.78, 5) is 13.7. The third-order valence-electron chi connectivity index (χ3n) is 4.12. The van der Waals surface area contributed by atoms with Crippen LogP contribution in [-0.2, 0) is 9.53 Å². The summed E-state index contributed by atoms with van der Waals surface area (Å²) in [6.45, 7) is 5.68. The normalized spacial score (nSPS) is 36.4. The van der Waals surface area contributed by atoms with Gasteiger partial charge in [-0.1, -0.05) is 6.92 Å². The highest BCUT2D eigenvalue weighted by Gasteiger charge is 2.37. The number of hydrogen-bond acceptors (Lipinski definition) is 3. The zero-order chi connectivity index (χ0) is 12.3. The second kappa shape index (κ2) is 5.83. The highest BCUT2D eigenvalue weighted by molar-refractivity contribution is 5.71. The van der Waals surface area contributed by atoms with Gasteiger partial charge in [0.05, 0.1) is 12.5 Å². The first-order chi connectivity index (χ1) is 8.18. The van der Waals surface area contributed by atoms with Crippen molar-refractivity contribution in [3.05, 3.63) is 0 Å². The zero-order valence-corrected chi connectivity index (χ0v) is 10.6. The Morgan fingerprint density at radius 1 is 1.29 bits per heavy atom. The van der Waals surface area contributed by atoms with Gasteiger partial charge in [0.25, 0.3) is 0 Å². The smallest absolute Gasteiger partial charge is 0.308 e. The summed E-state index contributed by atoms with van der Waals surface area (Å²) in [5, 5.41) is 9.34. The third kappa shape index (κ3) is 3.19. The van der Waals surface area contributed by atoms with Gasteiger partial charge in [0.15, 0.2) is 0 Å². The van der Waals surface area contributed by atoms with E-state index < -0.39 is 5.97 Å². The maximum absolute atomic E-state index is 11.3. The van der Waals surface area contributed by atoms with Gasteiger partial charge in [-0.05, 0) is 31.6 Å². The summed E-state index contributed by atoms with van der Waals surface area (Å²) in [6.07, 6.45) is 3.94. The van der Waals surface area contributed by atoms with Crippen LogP contribution in [0.4, 0.5) is 0 Å². The molecule has 0 amide bonds. The Kier molecular flexibility index (Phi) is 4.40. The third-order valence-corrected chi connectivity index (χ3v) is 4.12. The molecular formula is C13H23NO3. The van der Waals surface area contributed by atoms with Crippen LogP contribution in [0.5, 0.6) is 0 Å². The van der Waals surface area contributed by atoms with E-state index in [1.54, 1.807) is 0 Å². The van der Waals surface area contributed by atoms with Crippen LogP contribution in [0.2, 0.25) is 0 Å². The Bertz CT molecular complexity index is 261. The highest BCUT2D eigenvalue weighted by Crippen LogP contribution is 2.32. The fraction of sp³-hybridized carbons (Fsp3) is 0.923. The molecule has 0 bridgehead atoms. The molecule has 2 fully saturated rings. The summed E-state index contributed by atoms with van der Waals surface area (Å²) in [7, 11) is 0. The summed E-state index contributed by atoms with van der Waals surface area (Å²) < 4.78 is 5.45. The molecule has 4 heteroatoms. The molecule has 98 valence electrons. The number of hydrogen-bond donors (Lipinski definition) is 1. The lowest BCUT2D eigenvalue weighted by Gasteiger charge is -2.39. The predicted octanol–water partition coefficient (Wildman–Crippen LogP) is 1.60. The van der Waals surface area contributed by atoms with Crippen molar-refractivity contribution in [2.75, 3.05) is 26.3 Å². The molecule has 3 atom stereocenters. The van der Waals surface area contributed by atoms with Gasteiger partial charge in [0, 0.05) is 25.7 Å². The molecule has 2 aliphatic rings. The number of aliphatic carboxylic acids is 1. The van der Waals surface area contributed by atoms with Crippen LogP contribution in [0, 0.1) is 11.8 Å². The Morgan fingerprint density at radius 2 is 2.12 bits per heavy atom. The van der Waals surface area contributed by atoms with Crippen LogP contribution in [-0.4, -0.2) is 48.3 Å². The molecule has 4 nitrogen and oxygen atoms in total. The minimum atomic E-state index is -0.618. The van der Waals surface area contributed by atoms with Gasteiger partial charge in [-0.2, -0.15) is 0 Å². The number of rotatable bonds is 2. The maximum atomic E-state index is 11.3. The van der Waals surface area contributed by atoms with Gasteiger partial charge in [-0.25, -0.2) is 0 Å². The van der Waals surface area contributed by atoms with E-state index in [9.17, 15) is 9.90 Å². The van der Waals surface area contributed by atoms with Gasteiger partial charge in [0.1, 0.15) is 0 Å². The van der Waals surface area contributed by atoms with Crippen LogP contribution in [0.1, 0.15) is 32.6 Å². The largest absolute Gasteiger partial charge is 0.481 e. The molecule has 0 radical (unpaired) electrons. The maximum Gasteiger partial charge on any atom is 0.308 e. The monoisotopic (exact) mass is 241 g/mol. The molecular weight excluding hydrogens is 218 g/mol. The first-order valence-electron chi connectivity index (χ1n) is 6.73. The van der Waals surface area contributed by atoms with Crippen LogP contribution < -0.4 is 0 Å². The quantitative estimate of drug-likeness (QED) is 0.797. The van der Waals surface area contributed by atoms with Crippen LogP contribution >= 0.6 is 0 Å². The summed E-state index contributed by atoms with van der Waals surface area (Å²) in [5.74, 6) is -0.142. The molecule has 17 heavy (non-hydrogen) atoms. The average Bonchev–Trinajstić information content (AvgIpc) is 2.56. The van der Waals surface area contributed by atoms with Crippen molar-refractivity contribution in [3.63, 3.8) is 0 Å². The van der Waals surface area contributed by atoms with Crippen molar-refractivity contribution >= 4 is 5.97 Å². The number of carboxylic acids is 1. The first-order valence-corrected chi connectivity index (χ1v) is 6.73. The average molecular weight is 241 g/mol. The lowest BCUT2D eigenvalue weighted by atomic mass is 9.78. The van der Waals surface area contributed by atoms with E-state index in [1.165, 1.54) is 0 Å². The van der Waals surface area contributed by atoms with Crippen LogP contribution in [0.15, 0.2) is 0 Å². The summed E-state index contributed by atoms with van der Waals surface area (Å²) >= 11 is 0. The molecule has 2 rings (SSSR count). The van der Waals surface area contributed by atoms with Crippen molar-refractivity contribution in [1.29, 1.82) is 0 Å². The van der Waals surface area contributed by atoms with E-state index >= 15 is 0 Å². The first kappa shape index (κ1) is 12.8. The molecule has 0 aromatic rings. The molecule has 1 N–H and O–H groups in total. The highest BCUT2D eigenvalue weighted by atomic mass is 16.5. The minimum absolute atomic E-state index is 0.177. The van der Waals surface area contributed by atoms with Crippen LogP contribution in [0.25, 0.3) is 0 Å². The second-order valence-corrected chi connectivity index (χ2v) is 5.43. The van der Waals surface area contributed by atoms with Gasteiger partial charge in [-0.3, -0.25) is 9.69 Å². The van der Waals surface area contributed by atoms with Crippen molar-refractivity contribution in [2.45, 2.75) is 38.6 Å². The van der Waals surface area contributed by atoms with E-state index in [2.05, 4.69) is 11.8 Å². The molecule has 1 aliphatic heterocycles. The molecule has 0 aromatic heterocycles. The molecule has 1 saturated carbocycles. The fourth-order valence-corrected chi connectivity index (χ4v) is 3.14. The number of carbonyl (C=O) groups is 1. The second-order valence-electron chi connectivity index (χ2n) is 5.43. The Morgan fingerprint density at radius 3 is 2.88 bits per heavy atom. The number of nitrogens with zero attached hydrogens (tertiary/aromatic N) is 1. The number of ether oxygens (including phenoxy) is 1. The Labute approximate surface area is 103 Å². The van der Waals surface area contributed by atoms with Gasteiger partial charge in [-0.15, -0.1) is 0 Å². The standard InChI is InChI=1S/C13H23NO3/c1-10-3-4-11(13(15)16)12(9-10)14-5-2-7-17-8-6-14/h10-12H,2-9H2,1H3,(H,15,16). The van der Waals surface area contributed by atoms with E-state index in [4.69, 9.17) is 4.74 Å². The van der Waals surface area contributed by atoms with Gasteiger partial charge in [0.2, 0.25) is 0 Å². The van der Waals surface area contributed by atoms with Crippen molar-refractivity contribution < 1.29 is 14.6 Å². The van der Waals surface area contributed by atoms with Crippen molar-refractivity contribution in [3.8, 4) is 0 Å². The van der Waals surface area contributed by atoms with E-state index in [0.717, 1.165) is 52.0 Å². The lowest BCUT2D eigenvalue weighted by molar-refractivity contribution is -0.146. The minimum Gasteiger partial charge on any atom is -0.481 e. The lowest BCUT2D eigenvalue weighted by Crippen LogP contribution is -2.47. The van der Waals surface area contributed by atoms with E-state index in [-0.39, 0.29) is 12.0 Å². The molecule has 0 spiro atoms. The van der Waals surface area contributed by atoms with Crippen molar-refractivity contribution in [1.82, 2.24) is 4.90 Å². The van der Waals surface area contributed by atoms with E-state index in [0.29, 0.717) is 5.92 Å². The molecule has 3 unspecified atom stereocenters. The van der Waals surface area contributed by atoms with Crippen molar-refractivity contribution in [2.24, 2.45) is 11.8 Å². The summed E-state index contributed by atoms with van der Waals surface area (Å²) in [5.41, 5.74) is 0. The van der Waals surface area contributed by atoms with Crippen LogP contribution in [0.3, 0.4) is 0 Å². The number of carboxylic acid groups (broad SMARTS) is 1. The Balaban J connectivity index is 2.04. The van der Waals surface area contributed by atoms with E-state index in [1.807, 2.05) is 0 Å².